The molecule has 9 heteroatoms. The van der Waals surface area contributed by atoms with Crippen LogP contribution in [0.25, 0.3) is 0 Å². The van der Waals surface area contributed by atoms with Crippen molar-refractivity contribution in [3.8, 4) is 17.6 Å². The minimum atomic E-state index is -4.69. The van der Waals surface area contributed by atoms with Gasteiger partial charge in [0.2, 0.25) is 6.10 Å². The third kappa shape index (κ3) is 5.37. The molecule has 0 radical (unpaired) electrons. The minimum absolute atomic E-state index is 0.367. The van der Waals surface area contributed by atoms with E-state index in [9.17, 15) is 23.2 Å². The highest BCUT2D eigenvalue weighted by atomic mass is 35.5. The molecule has 3 rings (SSSR count). The average molecular weight is 484 g/mol. The first kappa shape index (κ1) is 24.0. The van der Waals surface area contributed by atoms with Gasteiger partial charge in [0.15, 0.2) is 0 Å². The molecule has 0 amide bonds. The van der Waals surface area contributed by atoms with Crippen molar-refractivity contribution in [2.24, 2.45) is 17.3 Å². The Labute approximate surface area is 193 Å². The Morgan fingerprint density at radius 1 is 1.19 bits per heavy atom. The smallest absolute Gasteiger partial charge is 0.426 e. The van der Waals surface area contributed by atoms with E-state index in [4.69, 9.17) is 32.7 Å². The van der Waals surface area contributed by atoms with Gasteiger partial charge >= 0.3 is 12.1 Å². The number of alkyl halides is 3. The fourth-order valence-electron chi connectivity index (χ4n) is 3.43. The molecular formula is C23H18Cl2F3NO3. The van der Waals surface area contributed by atoms with Crippen molar-refractivity contribution in [1.82, 2.24) is 0 Å². The molecule has 1 unspecified atom stereocenters. The Hall–Kier alpha value is -2.69. The summed E-state index contributed by atoms with van der Waals surface area (Å²) in [6.07, 6.45) is -5.11. The zero-order valence-corrected chi connectivity index (χ0v) is 18.5. The SMILES string of the molecule is CC1(C)[C@H](C(=O)OC(C#N)c2cccc(Oc3ccc(Cl)cc3)c2)[C@@H]1/C=C(\Cl)C(F)(F)F. The molecule has 1 aliphatic rings. The first-order chi connectivity index (χ1) is 14.9. The number of ether oxygens (including phenoxy) is 2. The summed E-state index contributed by atoms with van der Waals surface area (Å²) < 4.78 is 49.3. The average Bonchev–Trinajstić information content (AvgIpc) is 3.27. The van der Waals surface area contributed by atoms with Crippen LogP contribution in [0.1, 0.15) is 25.5 Å². The van der Waals surface area contributed by atoms with E-state index in [2.05, 4.69) is 0 Å². The van der Waals surface area contributed by atoms with Crippen LogP contribution in [-0.2, 0) is 9.53 Å². The van der Waals surface area contributed by atoms with Gasteiger partial charge in [-0.15, -0.1) is 0 Å². The fourth-order valence-corrected chi connectivity index (χ4v) is 3.69. The number of benzene rings is 2. The number of carbonyl (C=O) groups excluding carboxylic acids is 1. The number of esters is 1. The molecule has 2 aromatic carbocycles. The second-order valence-electron chi connectivity index (χ2n) is 7.91. The van der Waals surface area contributed by atoms with Gasteiger partial charge in [-0.25, -0.2) is 0 Å². The molecule has 3 atom stereocenters. The summed E-state index contributed by atoms with van der Waals surface area (Å²) in [5.74, 6) is -1.43. The molecule has 0 bridgehead atoms. The zero-order valence-electron chi connectivity index (χ0n) is 17.0. The molecule has 32 heavy (non-hydrogen) atoms. The first-order valence-corrected chi connectivity index (χ1v) is 10.3. The largest absolute Gasteiger partial charge is 0.457 e. The maximum absolute atomic E-state index is 12.7. The van der Waals surface area contributed by atoms with E-state index < -0.39 is 40.5 Å². The molecule has 0 N–H and O–H groups in total. The van der Waals surface area contributed by atoms with Crippen LogP contribution in [0.5, 0.6) is 11.5 Å². The molecule has 2 aromatic rings. The standard InChI is InChI=1S/C23H18Cl2F3NO3/c1-22(2)17(11-19(25)23(26,27)28)20(22)21(30)32-18(12-29)13-4-3-5-16(10-13)31-15-8-6-14(24)7-9-15/h3-11,17-18,20H,1-2H3/b19-11-/t17-,18?,20-/m0/s1. The molecule has 4 nitrogen and oxygen atoms in total. The van der Waals surface area contributed by atoms with Crippen LogP contribution in [0.15, 0.2) is 59.6 Å². The topological polar surface area (TPSA) is 59.3 Å². The Kier molecular flexibility index (Phi) is 6.77. The Morgan fingerprint density at radius 3 is 2.44 bits per heavy atom. The number of hydrogen-bond donors (Lipinski definition) is 0. The quantitative estimate of drug-likeness (QED) is 0.407. The number of rotatable bonds is 6. The number of hydrogen-bond acceptors (Lipinski definition) is 4. The van der Waals surface area contributed by atoms with Crippen molar-refractivity contribution in [3.05, 3.63) is 70.2 Å². The lowest BCUT2D eigenvalue weighted by Gasteiger charge is -2.13. The predicted molar refractivity (Wildman–Crippen MR) is 113 cm³/mol. The number of halogens is 5. The summed E-state index contributed by atoms with van der Waals surface area (Å²) in [5, 5.41) is 8.79. The van der Waals surface area contributed by atoms with E-state index in [1.165, 1.54) is 0 Å². The van der Waals surface area contributed by atoms with E-state index in [0.29, 0.717) is 22.1 Å². The second-order valence-corrected chi connectivity index (χ2v) is 8.76. The monoisotopic (exact) mass is 483 g/mol. The van der Waals surface area contributed by atoms with Gasteiger partial charge in [0.05, 0.1) is 5.92 Å². The van der Waals surface area contributed by atoms with E-state index in [-0.39, 0.29) is 0 Å². The number of carbonyl (C=O) groups is 1. The molecule has 0 aliphatic heterocycles. The molecule has 1 saturated carbocycles. The minimum Gasteiger partial charge on any atom is -0.457 e. The van der Waals surface area contributed by atoms with Crippen LogP contribution < -0.4 is 4.74 Å². The molecule has 1 aliphatic carbocycles. The van der Waals surface area contributed by atoms with E-state index in [1.54, 1.807) is 62.4 Å². The molecule has 168 valence electrons. The number of allylic oxidation sites excluding steroid dienone is 2. The van der Waals surface area contributed by atoms with Crippen LogP contribution in [0.3, 0.4) is 0 Å². The molecule has 0 heterocycles. The second kappa shape index (κ2) is 9.05. The molecular weight excluding hydrogens is 466 g/mol. The van der Waals surface area contributed by atoms with Crippen molar-refractivity contribution in [1.29, 1.82) is 5.26 Å². The van der Waals surface area contributed by atoms with Crippen molar-refractivity contribution < 1.29 is 27.4 Å². The summed E-state index contributed by atoms with van der Waals surface area (Å²) in [7, 11) is 0. The lowest BCUT2D eigenvalue weighted by Crippen LogP contribution is -2.14. The summed E-state index contributed by atoms with van der Waals surface area (Å²) >= 11 is 11.2. The van der Waals surface area contributed by atoms with Gasteiger partial charge in [-0.05, 0) is 47.7 Å². The number of nitrogens with zero attached hydrogens (tertiary/aromatic N) is 1. The first-order valence-electron chi connectivity index (χ1n) is 9.51. The highest BCUT2D eigenvalue weighted by Gasteiger charge is 2.62. The van der Waals surface area contributed by atoms with Gasteiger partial charge < -0.3 is 9.47 Å². The summed E-state index contributed by atoms with van der Waals surface area (Å²) in [6.45, 7) is 3.28. The Balaban J connectivity index is 1.72. The molecule has 0 aromatic heterocycles. The third-order valence-corrected chi connectivity index (χ3v) is 5.92. The normalized spacial score (nSPS) is 20.8. The van der Waals surface area contributed by atoms with Gasteiger partial charge in [-0.3, -0.25) is 4.79 Å². The Morgan fingerprint density at radius 2 is 1.84 bits per heavy atom. The molecule has 0 saturated heterocycles. The van der Waals surface area contributed by atoms with Crippen molar-refractivity contribution in [2.75, 3.05) is 0 Å². The van der Waals surface area contributed by atoms with E-state index >= 15 is 0 Å². The highest BCUT2D eigenvalue weighted by molar-refractivity contribution is 6.30. The fraction of sp³-hybridized carbons (Fsp3) is 0.304. The van der Waals surface area contributed by atoms with Crippen molar-refractivity contribution in [3.63, 3.8) is 0 Å². The predicted octanol–water partition coefficient (Wildman–Crippen LogP) is 7.20. The van der Waals surface area contributed by atoms with E-state index in [1.807, 2.05) is 6.07 Å². The Bertz CT molecular complexity index is 1080. The van der Waals surface area contributed by atoms with Gasteiger partial charge in [0.25, 0.3) is 0 Å². The van der Waals surface area contributed by atoms with Crippen LogP contribution >= 0.6 is 23.2 Å². The molecule has 0 spiro atoms. The van der Waals surface area contributed by atoms with Crippen LogP contribution in [-0.4, -0.2) is 12.1 Å². The summed E-state index contributed by atoms with van der Waals surface area (Å²) in [6, 6.07) is 15.0. The highest BCUT2D eigenvalue weighted by Crippen LogP contribution is 2.60. The summed E-state index contributed by atoms with van der Waals surface area (Å²) in [5.41, 5.74) is -0.409. The van der Waals surface area contributed by atoms with Crippen molar-refractivity contribution >= 4 is 29.2 Å². The van der Waals surface area contributed by atoms with Gasteiger partial charge in [-0.2, -0.15) is 18.4 Å². The lowest BCUT2D eigenvalue weighted by molar-refractivity contribution is -0.149. The third-order valence-electron chi connectivity index (χ3n) is 5.32. The van der Waals surface area contributed by atoms with Gasteiger partial charge in [-0.1, -0.05) is 55.3 Å². The van der Waals surface area contributed by atoms with E-state index in [0.717, 1.165) is 6.08 Å². The van der Waals surface area contributed by atoms with Crippen LogP contribution in [0.2, 0.25) is 5.02 Å². The maximum atomic E-state index is 12.7. The lowest BCUT2D eigenvalue weighted by atomic mass is 10.1. The van der Waals surface area contributed by atoms with Gasteiger partial charge in [0, 0.05) is 10.6 Å². The summed E-state index contributed by atoms with van der Waals surface area (Å²) in [4.78, 5) is 12.6. The van der Waals surface area contributed by atoms with Crippen LogP contribution in [0.4, 0.5) is 13.2 Å². The molecule has 1 fully saturated rings. The zero-order chi connectivity index (χ0) is 23.7. The van der Waals surface area contributed by atoms with Crippen molar-refractivity contribution in [2.45, 2.75) is 26.1 Å². The van der Waals surface area contributed by atoms with Gasteiger partial charge in [0.1, 0.15) is 22.6 Å². The van der Waals surface area contributed by atoms with Crippen LogP contribution in [0, 0.1) is 28.6 Å². The number of nitriles is 1. The maximum Gasteiger partial charge on any atom is 0.426 e.